The van der Waals surface area contributed by atoms with Crippen molar-refractivity contribution in [1.29, 1.82) is 0 Å². The molecule has 3 nitrogen and oxygen atoms in total. The van der Waals surface area contributed by atoms with Crippen LogP contribution in [0.25, 0.3) is 0 Å². The van der Waals surface area contributed by atoms with Crippen LogP contribution in [-0.2, 0) is 11.2 Å². The number of carbonyl (C=O) groups is 1. The van der Waals surface area contributed by atoms with Crippen molar-refractivity contribution < 1.29 is 9.18 Å². The molecule has 0 spiro atoms. The monoisotopic (exact) mass is 350 g/mol. The molecule has 0 fully saturated rings. The summed E-state index contributed by atoms with van der Waals surface area (Å²) in [5.74, 6) is 0.0207. The van der Waals surface area contributed by atoms with Gasteiger partial charge in [-0.25, -0.2) is 9.38 Å². The molecule has 1 atom stereocenters. The molecule has 0 saturated carbocycles. The quantitative estimate of drug-likeness (QED) is 0.738. The number of amides is 1. The van der Waals surface area contributed by atoms with Crippen molar-refractivity contribution in [3.8, 4) is 0 Å². The van der Waals surface area contributed by atoms with E-state index in [0.717, 1.165) is 24.1 Å². The SMILES string of the molecule is CCc1cc2c3c(c1)[C@@H](C)CC(C)(C)N3C(=O)C2=Nc1ccc(F)cc1. The highest BCUT2D eigenvalue weighted by Crippen LogP contribution is 2.49. The van der Waals surface area contributed by atoms with Crippen LogP contribution in [0.15, 0.2) is 41.4 Å². The minimum Gasteiger partial charge on any atom is -0.300 e. The number of hydrogen-bond donors (Lipinski definition) is 0. The van der Waals surface area contributed by atoms with Gasteiger partial charge >= 0.3 is 0 Å². The van der Waals surface area contributed by atoms with Crippen molar-refractivity contribution in [2.24, 2.45) is 4.99 Å². The van der Waals surface area contributed by atoms with Gasteiger partial charge in [-0.3, -0.25) is 4.79 Å². The number of rotatable bonds is 2. The van der Waals surface area contributed by atoms with Crippen LogP contribution in [-0.4, -0.2) is 17.2 Å². The van der Waals surface area contributed by atoms with E-state index in [1.54, 1.807) is 12.1 Å². The summed E-state index contributed by atoms with van der Waals surface area (Å²) in [6.45, 7) is 8.58. The predicted octanol–water partition coefficient (Wildman–Crippen LogP) is 5.14. The lowest BCUT2D eigenvalue weighted by molar-refractivity contribution is -0.113. The summed E-state index contributed by atoms with van der Waals surface area (Å²) >= 11 is 0. The topological polar surface area (TPSA) is 32.7 Å². The highest BCUT2D eigenvalue weighted by molar-refractivity contribution is 6.55. The molecule has 26 heavy (non-hydrogen) atoms. The first-order valence-electron chi connectivity index (χ1n) is 9.18. The first kappa shape index (κ1) is 17.0. The Kier molecular flexibility index (Phi) is 3.76. The van der Waals surface area contributed by atoms with Gasteiger partial charge in [0.15, 0.2) is 0 Å². The number of hydrogen-bond acceptors (Lipinski definition) is 2. The molecule has 0 aromatic heterocycles. The van der Waals surface area contributed by atoms with Crippen LogP contribution < -0.4 is 4.90 Å². The minimum atomic E-state index is -0.308. The van der Waals surface area contributed by atoms with Gasteiger partial charge in [-0.1, -0.05) is 19.9 Å². The summed E-state index contributed by atoms with van der Waals surface area (Å²) in [7, 11) is 0. The number of halogens is 1. The fourth-order valence-electron chi connectivity index (χ4n) is 4.33. The van der Waals surface area contributed by atoms with Crippen LogP contribution in [0.4, 0.5) is 15.8 Å². The molecule has 0 N–H and O–H groups in total. The zero-order valence-corrected chi connectivity index (χ0v) is 15.6. The Morgan fingerprint density at radius 1 is 1.23 bits per heavy atom. The van der Waals surface area contributed by atoms with E-state index in [9.17, 15) is 9.18 Å². The van der Waals surface area contributed by atoms with Gasteiger partial charge in [-0.15, -0.1) is 0 Å². The summed E-state index contributed by atoms with van der Waals surface area (Å²) in [4.78, 5) is 19.8. The van der Waals surface area contributed by atoms with Gasteiger partial charge in [0.25, 0.3) is 5.91 Å². The Balaban J connectivity index is 1.96. The molecule has 2 aliphatic heterocycles. The minimum absolute atomic E-state index is 0.0595. The predicted molar refractivity (Wildman–Crippen MR) is 103 cm³/mol. The van der Waals surface area contributed by atoms with Crippen LogP contribution in [0.2, 0.25) is 0 Å². The van der Waals surface area contributed by atoms with E-state index in [4.69, 9.17) is 0 Å². The maximum absolute atomic E-state index is 13.3. The van der Waals surface area contributed by atoms with Crippen molar-refractivity contribution >= 4 is 23.0 Å². The number of aliphatic imine (C=N–C) groups is 1. The van der Waals surface area contributed by atoms with Gasteiger partial charge in [0.2, 0.25) is 0 Å². The standard InChI is InChI=1S/C22H23FN2O/c1-5-14-10-17-13(2)12-22(3,4)25-20(17)18(11-14)19(21(25)26)24-16-8-6-15(23)7-9-16/h6-11,13H,5,12H2,1-4H3/t13-/m0/s1. The zero-order valence-electron chi connectivity index (χ0n) is 15.6. The molecule has 2 heterocycles. The smallest absolute Gasteiger partial charge is 0.278 e. The summed E-state index contributed by atoms with van der Waals surface area (Å²) in [6.07, 6.45) is 1.83. The normalized spacial score (nSPS) is 22.0. The third-order valence-corrected chi connectivity index (χ3v) is 5.50. The van der Waals surface area contributed by atoms with Crippen LogP contribution >= 0.6 is 0 Å². The number of nitrogens with zero attached hydrogens (tertiary/aromatic N) is 2. The maximum Gasteiger partial charge on any atom is 0.278 e. The lowest BCUT2D eigenvalue weighted by Gasteiger charge is -2.43. The molecule has 2 aliphatic rings. The summed E-state index contributed by atoms with van der Waals surface area (Å²) in [5, 5.41) is 0. The van der Waals surface area contributed by atoms with E-state index >= 15 is 0 Å². The molecule has 2 aromatic carbocycles. The number of benzene rings is 2. The van der Waals surface area contributed by atoms with Crippen LogP contribution in [0.3, 0.4) is 0 Å². The van der Waals surface area contributed by atoms with Crippen molar-refractivity contribution in [3.05, 3.63) is 58.9 Å². The molecule has 0 radical (unpaired) electrons. The van der Waals surface area contributed by atoms with Gasteiger partial charge < -0.3 is 4.90 Å². The average molecular weight is 350 g/mol. The molecule has 4 rings (SSSR count). The van der Waals surface area contributed by atoms with Crippen molar-refractivity contribution in [3.63, 3.8) is 0 Å². The summed E-state index contributed by atoms with van der Waals surface area (Å²) in [6, 6.07) is 10.3. The molecule has 1 amide bonds. The first-order chi connectivity index (χ1) is 12.3. The second-order valence-corrected chi connectivity index (χ2v) is 7.93. The molecule has 0 unspecified atom stereocenters. The van der Waals surface area contributed by atoms with Gasteiger partial charge in [0.1, 0.15) is 11.5 Å². The highest BCUT2D eigenvalue weighted by atomic mass is 19.1. The molecular weight excluding hydrogens is 327 g/mol. The summed E-state index contributed by atoms with van der Waals surface area (Å²) in [5.41, 5.74) is 5.17. The Bertz CT molecular complexity index is 928. The largest absolute Gasteiger partial charge is 0.300 e. The van der Waals surface area contributed by atoms with Crippen molar-refractivity contribution in [2.75, 3.05) is 4.90 Å². The average Bonchev–Trinajstić information content (AvgIpc) is 2.87. The van der Waals surface area contributed by atoms with Crippen LogP contribution in [0.1, 0.15) is 56.7 Å². The van der Waals surface area contributed by atoms with Crippen LogP contribution in [0.5, 0.6) is 0 Å². The lowest BCUT2D eigenvalue weighted by atomic mass is 9.79. The zero-order chi connectivity index (χ0) is 18.6. The molecular formula is C22H23FN2O. The number of carbonyl (C=O) groups excluding carboxylic acids is 1. The molecule has 134 valence electrons. The van der Waals surface area contributed by atoms with Gasteiger partial charge in [0, 0.05) is 11.1 Å². The van der Waals surface area contributed by atoms with Crippen molar-refractivity contribution in [2.45, 2.75) is 52.0 Å². The second kappa shape index (κ2) is 5.76. The molecule has 0 bridgehead atoms. The van der Waals surface area contributed by atoms with Gasteiger partial charge in [-0.2, -0.15) is 0 Å². The Morgan fingerprint density at radius 2 is 1.92 bits per heavy atom. The van der Waals surface area contributed by atoms with Crippen LogP contribution in [0, 0.1) is 5.82 Å². The molecule has 4 heteroatoms. The van der Waals surface area contributed by atoms with E-state index < -0.39 is 0 Å². The molecule has 0 aliphatic carbocycles. The van der Waals surface area contributed by atoms with Gasteiger partial charge in [-0.05, 0) is 74.1 Å². The second-order valence-electron chi connectivity index (χ2n) is 7.93. The third-order valence-electron chi connectivity index (χ3n) is 5.50. The Hall–Kier alpha value is -2.49. The maximum atomic E-state index is 13.3. The molecule has 0 saturated heterocycles. The van der Waals surface area contributed by atoms with E-state index in [2.05, 4.69) is 44.8 Å². The number of aryl methyl sites for hydroxylation is 1. The van der Waals surface area contributed by atoms with E-state index in [1.807, 2.05) is 4.90 Å². The van der Waals surface area contributed by atoms with Crippen molar-refractivity contribution in [1.82, 2.24) is 0 Å². The fraction of sp³-hybridized carbons (Fsp3) is 0.364. The number of anilines is 1. The first-order valence-corrected chi connectivity index (χ1v) is 9.18. The third kappa shape index (κ3) is 2.47. The van der Waals surface area contributed by atoms with E-state index in [1.165, 1.54) is 23.3 Å². The Labute approximate surface area is 153 Å². The van der Waals surface area contributed by atoms with E-state index in [0.29, 0.717) is 17.3 Å². The van der Waals surface area contributed by atoms with E-state index in [-0.39, 0.29) is 17.3 Å². The molecule has 2 aromatic rings. The van der Waals surface area contributed by atoms with Gasteiger partial charge in [0.05, 0.1) is 11.4 Å². The summed E-state index contributed by atoms with van der Waals surface area (Å²) < 4.78 is 13.2. The highest BCUT2D eigenvalue weighted by Gasteiger charge is 2.48. The lowest BCUT2D eigenvalue weighted by Crippen LogP contribution is -2.50. The Morgan fingerprint density at radius 3 is 2.58 bits per heavy atom. The fourth-order valence-corrected chi connectivity index (χ4v) is 4.33.